The standard InChI is InChI=1S/C12H22N2O2S/c13-12(4-6-16-7-5-12)11(15)14-9-10-3-1-2-8-17-10/h10H,1-9,13H2,(H,14,15). The van der Waals surface area contributed by atoms with Gasteiger partial charge in [-0.3, -0.25) is 4.79 Å². The predicted molar refractivity (Wildman–Crippen MR) is 70.1 cm³/mol. The Morgan fingerprint density at radius 3 is 2.82 bits per heavy atom. The Labute approximate surface area is 107 Å². The van der Waals surface area contributed by atoms with Crippen molar-refractivity contribution >= 4 is 17.7 Å². The Balaban J connectivity index is 1.75. The van der Waals surface area contributed by atoms with Gasteiger partial charge in [-0.05, 0) is 31.4 Å². The lowest BCUT2D eigenvalue weighted by atomic mass is 9.90. The molecule has 3 N–H and O–H groups in total. The molecule has 17 heavy (non-hydrogen) atoms. The summed E-state index contributed by atoms with van der Waals surface area (Å²) < 4.78 is 5.25. The maximum Gasteiger partial charge on any atom is 0.240 e. The second-order valence-electron chi connectivity index (χ2n) is 4.97. The van der Waals surface area contributed by atoms with Crippen LogP contribution in [0.25, 0.3) is 0 Å². The summed E-state index contributed by atoms with van der Waals surface area (Å²) in [6, 6.07) is 0. The normalized spacial score (nSPS) is 28.6. The van der Waals surface area contributed by atoms with Gasteiger partial charge in [-0.2, -0.15) is 11.8 Å². The summed E-state index contributed by atoms with van der Waals surface area (Å²) in [6.07, 6.45) is 5.08. The molecule has 0 aromatic carbocycles. The molecule has 0 radical (unpaired) electrons. The number of rotatable bonds is 3. The van der Waals surface area contributed by atoms with E-state index in [0.717, 1.165) is 6.54 Å². The summed E-state index contributed by atoms with van der Waals surface area (Å²) in [5.41, 5.74) is 5.42. The van der Waals surface area contributed by atoms with E-state index < -0.39 is 5.54 Å². The van der Waals surface area contributed by atoms with Crippen molar-refractivity contribution in [1.29, 1.82) is 0 Å². The molecule has 2 rings (SSSR count). The highest BCUT2D eigenvalue weighted by Gasteiger charge is 2.35. The van der Waals surface area contributed by atoms with Gasteiger partial charge in [0.1, 0.15) is 0 Å². The maximum absolute atomic E-state index is 12.1. The summed E-state index contributed by atoms with van der Waals surface area (Å²) in [7, 11) is 0. The zero-order valence-corrected chi connectivity index (χ0v) is 11.1. The van der Waals surface area contributed by atoms with Crippen LogP contribution in [0.3, 0.4) is 0 Å². The Bertz CT molecular complexity index is 261. The Hall–Kier alpha value is -0.260. The van der Waals surface area contributed by atoms with Gasteiger partial charge in [-0.1, -0.05) is 6.42 Å². The molecule has 4 nitrogen and oxygen atoms in total. The van der Waals surface area contributed by atoms with Gasteiger partial charge >= 0.3 is 0 Å². The van der Waals surface area contributed by atoms with E-state index in [1.165, 1.54) is 25.0 Å². The largest absolute Gasteiger partial charge is 0.381 e. The Morgan fingerprint density at radius 1 is 1.41 bits per heavy atom. The summed E-state index contributed by atoms with van der Waals surface area (Å²) in [5, 5.41) is 3.60. The second-order valence-corrected chi connectivity index (χ2v) is 6.38. The molecular formula is C12H22N2O2S. The van der Waals surface area contributed by atoms with E-state index in [2.05, 4.69) is 5.32 Å². The number of nitrogens with two attached hydrogens (primary N) is 1. The highest BCUT2D eigenvalue weighted by atomic mass is 32.2. The van der Waals surface area contributed by atoms with Gasteiger partial charge in [0.2, 0.25) is 5.91 Å². The average Bonchev–Trinajstić information content (AvgIpc) is 2.38. The number of carbonyl (C=O) groups is 1. The van der Waals surface area contributed by atoms with Crippen molar-refractivity contribution in [2.75, 3.05) is 25.5 Å². The quantitative estimate of drug-likeness (QED) is 0.789. The first-order valence-electron chi connectivity index (χ1n) is 6.47. The Morgan fingerprint density at radius 2 is 2.18 bits per heavy atom. The topological polar surface area (TPSA) is 64.4 Å². The Kier molecular flexibility index (Phi) is 4.70. The SMILES string of the molecule is NC1(C(=O)NCC2CCCCS2)CCOCC1. The third kappa shape index (κ3) is 3.60. The highest BCUT2D eigenvalue weighted by Crippen LogP contribution is 2.24. The van der Waals surface area contributed by atoms with Crippen molar-refractivity contribution < 1.29 is 9.53 Å². The van der Waals surface area contributed by atoms with E-state index in [-0.39, 0.29) is 5.91 Å². The maximum atomic E-state index is 12.1. The lowest BCUT2D eigenvalue weighted by Gasteiger charge is -2.32. The van der Waals surface area contributed by atoms with Crippen LogP contribution in [0.4, 0.5) is 0 Å². The number of thioether (sulfide) groups is 1. The highest BCUT2D eigenvalue weighted by molar-refractivity contribution is 7.99. The van der Waals surface area contributed by atoms with Crippen LogP contribution in [-0.2, 0) is 9.53 Å². The van der Waals surface area contributed by atoms with Crippen LogP contribution in [0, 0.1) is 0 Å². The molecule has 0 bridgehead atoms. The van der Waals surface area contributed by atoms with E-state index >= 15 is 0 Å². The minimum Gasteiger partial charge on any atom is -0.381 e. The summed E-state index contributed by atoms with van der Waals surface area (Å²) in [4.78, 5) is 12.1. The summed E-state index contributed by atoms with van der Waals surface area (Å²) in [6.45, 7) is 1.97. The number of hydrogen-bond acceptors (Lipinski definition) is 4. The molecule has 2 saturated heterocycles. The molecule has 2 aliphatic heterocycles. The number of amides is 1. The average molecular weight is 258 g/mol. The van der Waals surface area contributed by atoms with Gasteiger partial charge in [-0.15, -0.1) is 0 Å². The van der Waals surface area contributed by atoms with Crippen LogP contribution < -0.4 is 11.1 Å². The molecule has 1 atom stereocenters. The zero-order chi connectivity index (χ0) is 12.1. The molecule has 2 heterocycles. The molecule has 1 unspecified atom stereocenters. The van der Waals surface area contributed by atoms with Gasteiger partial charge in [0.25, 0.3) is 0 Å². The third-order valence-electron chi connectivity index (χ3n) is 3.60. The molecule has 1 amide bonds. The molecule has 2 aliphatic rings. The first-order valence-corrected chi connectivity index (χ1v) is 7.52. The number of nitrogens with one attached hydrogen (secondary N) is 1. The van der Waals surface area contributed by atoms with Gasteiger partial charge in [0.15, 0.2) is 0 Å². The summed E-state index contributed by atoms with van der Waals surface area (Å²) in [5.74, 6) is 1.23. The smallest absolute Gasteiger partial charge is 0.240 e. The number of hydrogen-bond donors (Lipinski definition) is 2. The minimum absolute atomic E-state index is 0.00646. The van der Waals surface area contributed by atoms with Crippen LogP contribution in [0.15, 0.2) is 0 Å². The van der Waals surface area contributed by atoms with Crippen LogP contribution in [0.5, 0.6) is 0 Å². The minimum atomic E-state index is -0.697. The molecule has 98 valence electrons. The zero-order valence-electron chi connectivity index (χ0n) is 10.2. The number of ether oxygens (including phenoxy) is 1. The van der Waals surface area contributed by atoms with E-state index in [1.807, 2.05) is 11.8 Å². The fourth-order valence-corrected chi connectivity index (χ4v) is 3.55. The van der Waals surface area contributed by atoms with E-state index in [1.54, 1.807) is 0 Å². The van der Waals surface area contributed by atoms with Crippen molar-refractivity contribution in [2.45, 2.75) is 42.9 Å². The number of carbonyl (C=O) groups excluding carboxylic acids is 1. The van der Waals surface area contributed by atoms with Crippen LogP contribution in [-0.4, -0.2) is 42.2 Å². The van der Waals surface area contributed by atoms with E-state index in [4.69, 9.17) is 10.5 Å². The fourth-order valence-electron chi connectivity index (χ4n) is 2.31. The fraction of sp³-hybridized carbons (Fsp3) is 0.917. The van der Waals surface area contributed by atoms with Gasteiger partial charge in [0, 0.05) is 25.0 Å². The molecule has 0 aliphatic carbocycles. The van der Waals surface area contributed by atoms with Crippen molar-refractivity contribution in [3.05, 3.63) is 0 Å². The second kappa shape index (κ2) is 6.07. The van der Waals surface area contributed by atoms with Crippen LogP contribution in [0.2, 0.25) is 0 Å². The third-order valence-corrected chi connectivity index (χ3v) is 5.00. The molecule has 2 fully saturated rings. The summed E-state index contributed by atoms with van der Waals surface area (Å²) >= 11 is 1.97. The van der Waals surface area contributed by atoms with E-state index in [0.29, 0.717) is 31.3 Å². The molecule has 0 aromatic heterocycles. The van der Waals surface area contributed by atoms with Gasteiger partial charge < -0.3 is 15.8 Å². The molecule has 5 heteroatoms. The van der Waals surface area contributed by atoms with Crippen LogP contribution in [0.1, 0.15) is 32.1 Å². The predicted octanol–water partition coefficient (Wildman–Crippen LogP) is 0.896. The van der Waals surface area contributed by atoms with Gasteiger partial charge in [0.05, 0.1) is 5.54 Å². The first kappa shape index (κ1) is 13.2. The van der Waals surface area contributed by atoms with Crippen molar-refractivity contribution in [1.82, 2.24) is 5.32 Å². The van der Waals surface area contributed by atoms with Gasteiger partial charge in [-0.25, -0.2) is 0 Å². The van der Waals surface area contributed by atoms with Crippen LogP contribution >= 0.6 is 11.8 Å². The molecule has 0 saturated carbocycles. The lowest BCUT2D eigenvalue weighted by molar-refractivity contribution is -0.129. The molecule has 0 aromatic rings. The first-order chi connectivity index (χ1) is 8.21. The molecular weight excluding hydrogens is 236 g/mol. The van der Waals surface area contributed by atoms with Crippen molar-refractivity contribution in [3.63, 3.8) is 0 Å². The van der Waals surface area contributed by atoms with E-state index in [9.17, 15) is 4.79 Å². The van der Waals surface area contributed by atoms with Crippen molar-refractivity contribution in [3.8, 4) is 0 Å². The van der Waals surface area contributed by atoms with Crippen molar-refractivity contribution in [2.24, 2.45) is 5.73 Å². The molecule has 0 spiro atoms. The monoisotopic (exact) mass is 258 g/mol. The lowest BCUT2D eigenvalue weighted by Crippen LogP contribution is -2.57.